The molecule has 274 valence electrons. The molecule has 3 amide bonds. The summed E-state index contributed by atoms with van der Waals surface area (Å²) in [5, 5.41) is 13.7. The standard InChI is InChI=1S/C40H50BrN3O7/c1-6-9-20-31(46)42-26(5)34(28-18-14-11-15-19-28)50-39(49)32-33-37(47)44(30(24-45)25(4)8-3)36(40(33)22-29(41)35(32)51-40)38(48)43(21-7-2)23-27-16-12-10-13-17-27/h6-7,10-19,25-26,29-30,32-36,45H,1-2,8-9,20-24H2,3-5H3,(H,42,46)/t25-,26+,29?,30-,32-,33+,34+,35-,36-,40+/m0/s1. The Morgan fingerprint density at radius 1 is 1.12 bits per heavy atom. The van der Waals surface area contributed by atoms with Crippen molar-refractivity contribution in [3.63, 3.8) is 0 Å². The fourth-order valence-corrected chi connectivity index (χ4v) is 9.04. The largest absolute Gasteiger partial charge is 0.455 e. The van der Waals surface area contributed by atoms with Gasteiger partial charge in [-0.3, -0.25) is 19.2 Å². The first kappa shape index (κ1) is 38.4. The van der Waals surface area contributed by atoms with Crippen LogP contribution in [0.15, 0.2) is 86.0 Å². The maximum absolute atomic E-state index is 14.9. The average Bonchev–Trinajstić information content (AvgIpc) is 3.73. The van der Waals surface area contributed by atoms with Crippen molar-refractivity contribution in [2.75, 3.05) is 13.2 Å². The number of esters is 1. The number of nitrogens with one attached hydrogen (secondary N) is 1. The molecule has 0 saturated carbocycles. The van der Waals surface area contributed by atoms with Crippen molar-refractivity contribution in [2.24, 2.45) is 17.8 Å². The third kappa shape index (κ3) is 7.57. The molecule has 2 aromatic rings. The molecule has 1 unspecified atom stereocenters. The van der Waals surface area contributed by atoms with E-state index in [1.807, 2.05) is 74.5 Å². The van der Waals surface area contributed by atoms with E-state index in [1.54, 1.807) is 24.0 Å². The maximum Gasteiger partial charge on any atom is 0.313 e. The molecule has 3 aliphatic rings. The van der Waals surface area contributed by atoms with Gasteiger partial charge in [0.25, 0.3) is 0 Å². The number of halogens is 1. The zero-order chi connectivity index (χ0) is 36.9. The molecule has 10 nitrogen and oxygen atoms in total. The number of hydrogen-bond donors (Lipinski definition) is 2. The number of nitrogens with zero attached hydrogens (tertiary/aromatic N) is 2. The van der Waals surface area contributed by atoms with Gasteiger partial charge in [0.2, 0.25) is 17.7 Å². The van der Waals surface area contributed by atoms with Crippen molar-refractivity contribution in [3.05, 3.63) is 97.1 Å². The van der Waals surface area contributed by atoms with Gasteiger partial charge in [0, 0.05) is 24.3 Å². The lowest BCUT2D eigenvalue weighted by atomic mass is 9.70. The minimum absolute atomic E-state index is 0.151. The second kappa shape index (κ2) is 16.7. The zero-order valence-electron chi connectivity index (χ0n) is 29.7. The molecule has 10 atom stereocenters. The van der Waals surface area contributed by atoms with E-state index in [2.05, 4.69) is 34.4 Å². The van der Waals surface area contributed by atoms with Gasteiger partial charge < -0.3 is 29.7 Å². The molecule has 11 heteroatoms. The van der Waals surface area contributed by atoms with Crippen LogP contribution in [0.25, 0.3) is 0 Å². The van der Waals surface area contributed by atoms with Gasteiger partial charge in [0.15, 0.2) is 0 Å². The topological polar surface area (TPSA) is 125 Å². The molecule has 3 fully saturated rings. The highest BCUT2D eigenvalue weighted by molar-refractivity contribution is 9.09. The summed E-state index contributed by atoms with van der Waals surface area (Å²) in [4.78, 5) is 59.8. The second-order valence-corrected chi connectivity index (χ2v) is 15.2. The number of rotatable bonds is 17. The number of alkyl halides is 1. The lowest BCUT2D eigenvalue weighted by molar-refractivity contribution is -0.163. The van der Waals surface area contributed by atoms with E-state index < -0.39 is 59.6 Å². The van der Waals surface area contributed by atoms with Crippen LogP contribution in [0.1, 0.15) is 63.7 Å². The van der Waals surface area contributed by atoms with E-state index in [4.69, 9.17) is 9.47 Å². The lowest BCUT2D eigenvalue weighted by Crippen LogP contribution is -2.59. The van der Waals surface area contributed by atoms with E-state index in [0.29, 0.717) is 24.8 Å². The molecule has 2 bridgehead atoms. The van der Waals surface area contributed by atoms with Crippen LogP contribution in [0.5, 0.6) is 0 Å². The van der Waals surface area contributed by atoms with Crippen LogP contribution in [-0.4, -0.2) is 86.4 Å². The SMILES string of the molecule is C=CCCC(=O)N[C@H](C)[C@@H](OC(=O)[C@@H]1[C@H]2O[C@@]3(CC2Br)[C@H](C(=O)N(CC=C)Cc2ccccc2)N([C@@H](CO)[C@@H](C)CC)C(=O)[C@@H]13)c1ccccc1. The number of hydrogen-bond acceptors (Lipinski definition) is 7. The number of fused-ring (bicyclic) bond motifs is 1. The Hall–Kier alpha value is -3.80. The molecule has 3 saturated heterocycles. The smallest absolute Gasteiger partial charge is 0.313 e. The lowest BCUT2D eigenvalue weighted by Gasteiger charge is -2.41. The van der Waals surface area contributed by atoms with E-state index in [9.17, 15) is 24.3 Å². The van der Waals surface area contributed by atoms with Crippen LogP contribution in [0.4, 0.5) is 0 Å². The van der Waals surface area contributed by atoms with Gasteiger partial charge in [-0.05, 0) is 36.8 Å². The summed E-state index contributed by atoms with van der Waals surface area (Å²) in [6.45, 7) is 13.4. The summed E-state index contributed by atoms with van der Waals surface area (Å²) >= 11 is 3.75. The highest BCUT2D eigenvalue weighted by atomic mass is 79.9. The quantitative estimate of drug-likeness (QED) is 0.130. The molecule has 2 aromatic carbocycles. The Morgan fingerprint density at radius 3 is 2.39 bits per heavy atom. The van der Waals surface area contributed by atoms with Gasteiger partial charge >= 0.3 is 5.97 Å². The molecule has 0 aromatic heterocycles. The summed E-state index contributed by atoms with van der Waals surface area (Å²) in [6, 6.07) is 16.4. The molecule has 0 aliphatic carbocycles. The van der Waals surface area contributed by atoms with E-state index in [0.717, 1.165) is 5.56 Å². The number of carbonyl (C=O) groups is 4. The number of likely N-dealkylation sites (tertiary alicyclic amines) is 1. The third-order valence-electron chi connectivity index (χ3n) is 10.7. The number of carbonyl (C=O) groups excluding carboxylic acids is 4. The zero-order valence-corrected chi connectivity index (χ0v) is 31.2. The highest BCUT2D eigenvalue weighted by Crippen LogP contribution is 2.61. The summed E-state index contributed by atoms with van der Waals surface area (Å²) in [6.07, 6.45) is 3.43. The van der Waals surface area contributed by atoms with Gasteiger partial charge in [-0.1, -0.05) is 109 Å². The summed E-state index contributed by atoms with van der Waals surface area (Å²) in [5.74, 6) is -3.79. The predicted molar refractivity (Wildman–Crippen MR) is 197 cm³/mol. The van der Waals surface area contributed by atoms with Crippen LogP contribution in [0.3, 0.4) is 0 Å². The number of amides is 3. The average molecular weight is 765 g/mol. The van der Waals surface area contributed by atoms with E-state index in [-0.39, 0.29) is 48.7 Å². The molecule has 2 N–H and O–H groups in total. The first-order valence-corrected chi connectivity index (χ1v) is 18.8. The van der Waals surface area contributed by atoms with Crippen molar-refractivity contribution in [1.29, 1.82) is 0 Å². The minimum Gasteiger partial charge on any atom is -0.455 e. The third-order valence-corrected chi connectivity index (χ3v) is 11.6. The number of ether oxygens (including phenoxy) is 2. The fraction of sp³-hybridized carbons (Fsp3) is 0.500. The van der Waals surface area contributed by atoms with Crippen molar-refractivity contribution >= 4 is 39.6 Å². The van der Waals surface area contributed by atoms with Crippen LogP contribution >= 0.6 is 15.9 Å². The van der Waals surface area contributed by atoms with E-state index in [1.165, 1.54) is 4.90 Å². The summed E-state index contributed by atoms with van der Waals surface area (Å²) < 4.78 is 13.1. The van der Waals surface area contributed by atoms with E-state index >= 15 is 0 Å². The van der Waals surface area contributed by atoms with Gasteiger partial charge in [0.05, 0.1) is 36.6 Å². The Balaban J connectivity index is 1.53. The second-order valence-electron chi connectivity index (χ2n) is 14.0. The van der Waals surface area contributed by atoms with Crippen LogP contribution in [0, 0.1) is 17.8 Å². The first-order chi connectivity index (χ1) is 24.5. The molecule has 0 radical (unpaired) electrons. The van der Waals surface area contributed by atoms with Gasteiger partial charge in [-0.2, -0.15) is 0 Å². The van der Waals surface area contributed by atoms with Crippen molar-refractivity contribution in [3.8, 4) is 0 Å². The summed E-state index contributed by atoms with van der Waals surface area (Å²) in [5.41, 5.74) is 0.245. The first-order valence-electron chi connectivity index (χ1n) is 17.9. The molecule has 51 heavy (non-hydrogen) atoms. The molecular weight excluding hydrogens is 714 g/mol. The Morgan fingerprint density at radius 2 is 1.78 bits per heavy atom. The number of allylic oxidation sites excluding steroid dienone is 1. The number of aliphatic hydroxyl groups excluding tert-OH is 1. The maximum atomic E-state index is 14.9. The number of aliphatic hydroxyl groups is 1. The van der Waals surface area contributed by atoms with Crippen molar-refractivity contribution in [1.82, 2.24) is 15.1 Å². The molecule has 1 spiro atoms. The Labute approximate surface area is 309 Å². The van der Waals surface area contributed by atoms with Gasteiger partial charge in [0.1, 0.15) is 17.7 Å². The molecule has 5 rings (SSSR count). The molecular formula is C40H50BrN3O7. The number of benzene rings is 2. The van der Waals surface area contributed by atoms with Crippen LogP contribution in [0.2, 0.25) is 0 Å². The molecule has 3 heterocycles. The predicted octanol–water partition coefficient (Wildman–Crippen LogP) is 5.11. The highest BCUT2D eigenvalue weighted by Gasteiger charge is 2.77. The van der Waals surface area contributed by atoms with Gasteiger partial charge in [-0.15, -0.1) is 13.2 Å². The Kier molecular flexibility index (Phi) is 12.6. The Bertz CT molecular complexity index is 1570. The van der Waals surface area contributed by atoms with Crippen molar-refractivity contribution in [2.45, 2.75) is 93.8 Å². The van der Waals surface area contributed by atoms with Crippen molar-refractivity contribution < 1.29 is 33.8 Å². The van der Waals surface area contributed by atoms with Crippen LogP contribution in [-0.2, 0) is 35.2 Å². The normalized spacial score (nSPS) is 27.2. The van der Waals surface area contributed by atoms with Gasteiger partial charge in [-0.25, -0.2) is 0 Å². The molecule has 3 aliphatic heterocycles. The monoisotopic (exact) mass is 763 g/mol. The minimum atomic E-state index is -1.35. The van der Waals surface area contributed by atoms with Crippen LogP contribution < -0.4 is 5.32 Å². The summed E-state index contributed by atoms with van der Waals surface area (Å²) in [7, 11) is 0. The fourth-order valence-electron chi connectivity index (χ4n) is 8.09.